The van der Waals surface area contributed by atoms with Gasteiger partial charge in [0.25, 0.3) is 0 Å². The number of nitrogens with one attached hydrogen (secondary N) is 1. The van der Waals surface area contributed by atoms with Crippen LogP contribution in [0.3, 0.4) is 0 Å². The average Bonchev–Trinajstić information content (AvgIpc) is 3.58. The number of esters is 1. The van der Waals surface area contributed by atoms with Gasteiger partial charge in [-0.25, -0.2) is 9.55 Å². The molecule has 1 fully saturated rings. The third kappa shape index (κ3) is 7.64. The highest BCUT2D eigenvalue weighted by molar-refractivity contribution is 14.2. The van der Waals surface area contributed by atoms with E-state index in [0.717, 1.165) is 24.6 Å². The monoisotopic (exact) mass is 772 g/mol. The predicted molar refractivity (Wildman–Crippen MR) is 181 cm³/mol. The maximum atomic E-state index is 14.3. The number of unbranched alkanes of at least 4 members (excludes halogenated alkanes) is 2. The lowest BCUT2D eigenvalue weighted by Crippen LogP contribution is -2.37. The summed E-state index contributed by atoms with van der Waals surface area (Å²) in [6.45, 7) is 3.48. The summed E-state index contributed by atoms with van der Waals surface area (Å²) in [5.74, 6) is -0.195. The van der Waals surface area contributed by atoms with E-state index in [0.29, 0.717) is 22.3 Å². The second-order valence-corrected chi connectivity index (χ2v) is 14.8. The average molecular weight is 773 g/mol. The Balaban J connectivity index is 1.37. The Morgan fingerprint density at radius 3 is 2.82 bits per heavy atom. The molecule has 242 valence electrons. The number of hydrogen-bond donors (Lipinski definition) is 3. The molecule has 3 heterocycles. The van der Waals surface area contributed by atoms with Gasteiger partial charge in [-0.3, -0.25) is 13.9 Å². The van der Waals surface area contributed by atoms with Crippen molar-refractivity contribution in [2.75, 3.05) is 18.9 Å². The normalized spacial score (nSPS) is 22.0. The summed E-state index contributed by atoms with van der Waals surface area (Å²) in [6, 6.07) is 11.7. The molecule has 6 atom stereocenters. The molecule has 0 saturated carbocycles. The minimum Gasteiger partial charge on any atom is -0.465 e. The molecule has 2 aromatic heterocycles. The second kappa shape index (κ2) is 14.8. The summed E-state index contributed by atoms with van der Waals surface area (Å²) in [6.07, 6.45) is 1.42. The Morgan fingerprint density at radius 1 is 1.27 bits per heavy atom. The van der Waals surface area contributed by atoms with Crippen molar-refractivity contribution in [1.29, 1.82) is 0 Å². The number of aromatic nitrogens is 4. The molecule has 4 N–H and O–H groups in total. The fourth-order valence-electron chi connectivity index (χ4n) is 4.94. The van der Waals surface area contributed by atoms with Crippen LogP contribution in [0, 0.1) is 0 Å². The van der Waals surface area contributed by atoms with Crippen molar-refractivity contribution in [3.8, 4) is 5.75 Å². The van der Waals surface area contributed by atoms with Gasteiger partial charge in [-0.1, -0.05) is 60.7 Å². The zero-order valence-corrected chi connectivity index (χ0v) is 28.5. The number of nitrogen functional groups attached to an aromatic ring is 1. The number of carbonyl (C=O) groups is 1. The number of nitrogens with zero attached hydrogens (tertiary/aromatic N) is 4. The van der Waals surface area contributed by atoms with Crippen molar-refractivity contribution < 1.29 is 33.0 Å². The largest absolute Gasteiger partial charge is 0.465 e. The fraction of sp³-hybridized carbons (Fsp3) is 0.414. The van der Waals surface area contributed by atoms with Gasteiger partial charge < -0.3 is 24.8 Å². The van der Waals surface area contributed by atoms with Crippen LogP contribution in [0.1, 0.15) is 39.3 Å². The van der Waals surface area contributed by atoms with Crippen molar-refractivity contribution in [3.05, 3.63) is 54.1 Å². The van der Waals surface area contributed by atoms with E-state index in [9.17, 15) is 14.5 Å². The molecule has 45 heavy (non-hydrogen) atoms. The van der Waals surface area contributed by atoms with E-state index in [4.69, 9.17) is 35.9 Å². The highest BCUT2D eigenvalue weighted by Gasteiger charge is 2.46. The number of halogens is 2. The third-order valence-corrected chi connectivity index (χ3v) is 11.4. The minimum atomic E-state index is -4.26. The van der Waals surface area contributed by atoms with Crippen LogP contribution in [0.4, 0.5) is 5.82 Å². The van der Waals surface area contributed by atoms with Crippen molar-refractivity contribution in [2.24, 2.45) is 0 Å². The standard InChI is InChI=1S/C29H35ClIN6O7P/c1-4-5-8-14-41-28(39)17(2)36-45(40,44-20-13-9-11-18-10-6-7-12-19(18)20)42-15-21-24(38)22(31-3)27(43-21)37-16-33-23-25(32)34-29(30)35-26(23)37/h6-7,9-13,16-17,21-22,24,27,38H,3-5,8,14-15H2,1-2H3,(H,36,40)(H2,32,34,35)/t17-,21-,22?,24?,27-,45?/m1/s1. The molecular formula is C29H35ClIN6O7P. The molecule has 2 aromatic carbocycles. The first kappa shape index (κ1) is 33.6. The lowest BCUT2D eigenvalue weighted by atomic mass is 10.1. The molecule has 0 bridgehead atoms. The second-order valence-electron chi connectivity index (χ2n) is 10.4. The summed E-state index contributed by atoms with van der Waals surface area (Å²) in [5, 5.41) is 15.5. The number of aliphatic hydroxyl groups excluding tert-OH is 1. The van der Waals surface area contributed by atoms with Crippen molar-refractivity contribution >= 4 is 78.3 Å². The number of rotatable bonds is 14. The molecule has 3 unspecified atom stereocenters. The van der Waals surface area contributed by atoms with Crippen LogP contribution in [0.25, 0.3) is 21.9 Å². The molecule has 0 radical (unpaired) electrons. The van der Waals surface area contributed by atoms with Crippen LogP contribution in [-0.2, 0) is 23.4 Å². The molecule has 1 saturated heterocycles. The summed E-state index contributed by atoms with van der Waals surface area (Å²) in [4.78, 5) is 25.2. The minimum absolute atomic E-state index is 0.0587. The number of benzene rings is 2. The van der Waals surface area contributed by atoms with Crippen LogP contribution in [0.2, 0.25) is 5.28 Å². The summed E-state index contributed by atoms with van der Waals surface area (Å²) in [7, 11) is -4.26. The van der Waals surface area contributed by atoms with Crippen LogP contribution in [0.15, 0.2) is 48.8 Å². The molecule has 1 aliphatic heterocycles. The van der Waals surface area contributed by atoms with E-state index in [-0.39, 0.29) is 24.3 Å². The van der Waals surface area contributed by atoms with E-state index in [2.05, 4.69) is 31.5 Å². The lowest BCUT2D eigenvalue weighted by Gasteiger charge is -2.25. The molecule has 1 aliphatic rings. The van der Waals surface area contributed by atoms with E-state index in [1.54, 1.807) is 16.7 Å². The van der Waals surface area contributed by atoms with E-state index in [1.807, 2.05) is 30.3 Å². The molecule has 0 aliphatic carbocycles. The van der Waals surface area contributed by atoms with Gasteiger partial charge in [0.05, 0.1) is 29.6 Å². The Kier molecular flexibility index (Phi) is 11.1. The number of aliphatic hydroxyl groups is 1. The van der Waals surface area contributed by atoms with E-state index in [1.165, 1.54) is 13.3 Å². The maximum absolute atomic E-state index is 14.3. The Bertz CT molecular complexity index is 1720. The van der Waals surface area contributed by atoms with Crippen molar-refractivity contribution in [2.45, 2.75) is 61.5 Å². The molecule has 5 rings (SSSR count). The zero-order chi connectivity index (χ0) is 32.1. The number of anilines is 1. The zero-order valence-electron chi connectivity index (χ0n) is 24.7. The van der Waals surface area contributed by atoms with E-state index < -0.39 is 62.8 Å². The van der Waals surface area contributed by atoms with Crippen LogP contribution < -0.4 is 15.3 Å². The Labute approximate surface area is 275 Å². The van der Waals surface area contributed by atoms with Crippen LogP contribution in [0.5, 0.6) is 5.75 Å². The number of fused-ring (bicyclic) bond motifs is 2. The van der Waals surface area contributed by atoms with E-state index >= 15 is 0 Å². The Hall–Kier alpha value is -2.72. The number of ether oxygens (including phenoxy) is 2. The number of imidazole rings is 1. The molecule has 0 amide bonds. The molecular weight excluding hydrogens is 738 g/mol. The van der Waals surface area contributed by atoms with Gasteiger partial charge in [0.15, 0.2) is 17.7 Å². The summed E-state index contributed by atoms with van der Waals surface area (Å²) >= 11 is 5.22. The van der Waals surface area contributed by atoms with Gasteiger partial charge in [-0.05, 0) is 36.4 Å². The number of hydrogen-bond acceptors (Lipinski definition) is 11. The number of alkyl halides is 1. The molecule has 13 nitrogen and oxygen atoms in total. The van der Waals surface area contributed by atoms with Gasteiger partial charge in [0, 0.05) is 5.39 Å². The first-order valence-corrected chi connectivity index (χ1v) is 19.1. The third-order valence-electron chi connectivity index (χ3n) is 7.24. The quantitative estimate of drug-likeness (QED) is 0.0385. The van der Waals surface area contributed by atoms with Gasteiger partial charge in [0.2, 0.25) is 5.28 Å². The Morgan fingerprint density at radius 2 is 2.04 bits per heavy atom. The maximum Gasteiger partial charge on any atom is 0.459 e. The van der Waals surface area contributed by atoms with Crippen LogP contribution >= 0.6 is 40.1 Å². The number of nitrogens with two attached hydrogens (primary N) is 1. The van der Waals surface area contributed by atoms with Gasteiger partial charge in [-0.15, -0.1) is 20.7 Å². The summed E-state index contributed by atoms with van der Waals surface area (Å²) in [5.41, 5.74) is 6.65. The van der Waals surface area contributed by atoms with Gasteiger partial charge >= 0.3 is 13.7 Å². The molecule has 16 heteroatoms. The van der Waals surface area contributed by atoms with Crippen LogP contribution in [-0.4, -0.2) is 70.5 Å². The first-order chi connectivity index (χ1) is 21.6. The van der Waals surface area contributed by atoms with Gasteiger partial charge in [0.1, 0.15) is 23.4 Å². The number of carbonyl (C=O) groups excluding carboxylic acids is 1. The fourth-order valence-corrected chi connectivity index (χ4v) is 8.56. The highest BCUT2D eigenvalue weighted by atomic mass is 127. The SMILES string of the molecule is C=IC1C(O)[C@@H](COP(=O)(N[C@H](C)C(=O)OCCCCC)Oc2cccc3ccccc23)O[C@H]1n1cnc2c(N)nc(Cl)nc21. The smallest absolute Gasteiger partial charge is 0.459 e. The summed E-state index contributed by atoms with van der Waals surface area (Å²) < 4.78 is 43.2. The van der Waals surface area contributed by atoms with Gasteiger partial charge in [-0.2, -0.15) is 15.1 Å². The van der Waals surface area contributed by atoms with Crippen molar-refractivity contribution in [1.82, 2.24) is 24.6 Å². The van der Waals surface area contributed by atoms with Crippen molar-refractivity contribution in [3.63, 3.8) is 0 Å². The molecule has 0 spiro atoms. The first-order valence-electron chi connectivity index (χ1n) is 14.4. The predicted octanol–water partition coefficient (Wildman–Crippen LogP) is 5.16. The lowest BCUT2D eigenvalue weighted by molar-refractivity contribution is -0.145. The molecule has 4 aromatic rings. The topological polar surface area (TPSA) is 173 Å². The highest BCUT2D eigenvalue weighted by Crippen LogP contribution is 2.48.